The van der Waals surface area contributed by atoms with Crippen LogP contribution >= 0.6 is 11.6 Å². The average Bonchev–Trinajstić information content (AvgIpc) is 2.80. The van der Waals surface area contributed by atoms with Crippen LogP contribution in [0.15, 0.2) is 97.1 Å². The van der Waals surface area contributed by atoms with E-state index in [1.165, 1.54) is 0 Å². The molecule has 0 amide bonds. The standard InChI is InChI=1S/C25H16ClN3/c26-22-20-14-8-7-9-17(20)15-16-21(22)25-28-23(18-10-3-1-4-11-18)27-24(29-25)19-12-5-2-6-13-19/h1-16H. The van der Waals surface area contributed by atoms with E-state index in [0.29, 0.717) is 22.5 Å². The lowest BCUT2D eigenvalue weighted by atomic mass is 10.1. The number of nitrogens with zero attached hydrogens (tertiary/aromatic N) is 3. The number of benzene rings is 4. The Hall–Kier alpha value is -3.56. The second-order valence-electron chi connectivity index (χ2n) is 6.69. The molecule has 0 unspecified atom stereocenters. The minimum absolute atomic E-state index is 0.563. The number of hydrogen-bond acceptors (Lipinski definition) is 3. The highest BCUT2D eigenvalue weighted by atomic mass is 35.5. The van der Waals surface area contributed by atoms with E-state index in [2.05, 4.69) is 0 Å². The fourth-order valence-electron chi connectivity index (χ4n) is 3.34. The van der Waals surface area contributed by atoms with Crippen LogP contribution in [0.3, 0.4) is 0 Å². The van der Waals surface area contributed by atoms with Crippen molar-refractivity contribution >= 4 is 22.4 Å². The monoisotopic (exact) mass is 393 g/mol. The molecule has 138 valence electrons. The van der Waals surface area contributed by atoms with Crippen molar-refractivity contribution in [2.45, 2.75) is 0 Å². The smallest absolute Gasteiger partial charge is 0.165 e. The van der Waals surface area contributed by atoms with E-state index in [4.69, 9.17) is 26.6 Å². The minimum atomic E-state index is 0.563. The topological polar surface area (TPSA) is 38.7 Å². The minimum Gasteiger partial charge on any atom is -0.208 e. The molecule has 29 heavy (non-hydrogen) atoms. The Balaban J connectivity index is 1.76. The van der Waals surface area contributed by atoms with Gasteiger partial charge in [-0.25, -0.2) is 15.0 Å². The molecule has 0 N–H and O–H groups in total. The summed E-state index contributed by atoms with van der Waals surface area (Å²) in [4.78, 5) is 14.2. The first-order valence-corrected chi connectivity index (χ1v) is 9.72. The highest BCUT2D eigenvalue weighted by molar-refractivity contribution is 6.38. The van der Waals surface area contributed by atoms with Gasteiger partial charge in [-0.2, -0.15) is 0 Å². The third-order valence-electron chi connectivity index (χ3n) is 4.80. The van der Waals surface area contributed by atoms with Gasteiger partial charge < -0.3 is 0 Å². The van der Waals surface area contributed by atoms with Crippen LogP contribution in [0.4, 0.5) is 0 Å². The molecule has 0 fully saturated rings. The molecule has 5 aromatic rings. The summed E-state index contributed by atoms with van der Waals surface area (Å²) in [6.45, 7) is 0. The molecule has 0 aliphatic heterocycles. The zero-order valence-corrected chi connectivity index (χ0v) is 16.2. The number of halogens is 1. The van der Waals surface area contributed by atoms with Gasteiger partial charge in [0.2, 0.25) is 0 Å². The lowest BCUT2D eigenvalue weighted by molar-refractivity contribution is 1.07. The fraction of sp³-hybridized carbons (Fsp3) is 0. The average molecular weight is 394 g/mol. The molecule has 1 heterocycles. The van der Waals surface area contributed by atoms with Gasteiger partial charge >= 0.3 is 0 Å². The number of hydrogen-bond donors (Lipinski definition) is 0. The zero-order valence-electron chi connectivity index (χ0n) is 15.5. The zero-order chi connectivity index (χ0) is 19.6. The highest BCUT2D eigenvalue weighted by Gasteiger charge is 2.15. The van der Waals surface area contributed by atoms with Crippen molar-refractivity contribution < 1.29 is 0 Å². The summed E-state index contributed by atoms with van der Waals surface area (Å²) in [5.74, 6) is 1.81. The predicted octanol–water partition coefficient (Wildman–Crippen LogP) is 6.68. The SMILES string of the molecule is Clc1c(-c2nc(-c3ccccc3)nc(-c3ccccc3)n2)ccc2ccccc12. The van der Waals surface area contributed by atoms with Crippen LogP contribution in [0.5, 0.6) is 0 Å². The molecule has 3 nitrogen and oxygen atoms in total. The van der Waals surface area contributed by atoms with Gasteiger partial charge in [-0.15, -0.1) is 0 Å². The van der Waals surface area contributed by atoms with E-state index in [0.717, 1.165) is 27.5 Å². The Morgan fingerprint density at radius 1 is 0.483 bits per heavy atom. The van der Waals surface area contributed by atoms with Gasteiger partial charge in [-0.05, 0) is 11.5 Å². The van der Waals surface area contributed by atoms with Gasteiger partial charge in [-0.1, -0.05) is 103 Å². The van der Waals surface area contributed by atoms with Crippen molar-refractivity contribution in [2.24, 2.45) is 0 Å². The Kier molecular flexibility index (Phi) is 4.51. The molecule has 0 radical (unpaired) electrons. The molecule has 0 aliphatic rings. The van der Waals surface area contributed by atoms with Crippen molar-refractivity contribution in [3.63, 3.8) is 0 Å². The van der Waals surface area contributed by atoms with Crippen LogP contribution in [0, 0.1) is 0 Å². The van der Waals surface area contributed by atoms with Gasteiger partial charge in [0.1, 0.15) is 0 Å². The van der Waals surface area contributed by atoms with Crippen molar-refractivity contribution in [2.75, 3.05) is 0 Å². The first-order valence-electron chi connectivity index (χ1n) is 9.34. The van der Waals surface area contributed by atoms with Crippen molar-refractivity contribution in [3.05, 3.63) is 102 Å². The molecule has 0 spiro atoms. The number of aromatic nitrogens is 3. The van der Waals surface area contributed by atoms with E-state index < -0.39 is 0 Å². The normalized spacial score (nSPS) is 10.9. The third-order valence-corrected chi connectivity index (χ3v) is 5.21. The Morgan fingerprint density at radius 2 is 1.00 bits per heavy atom. The number of rotatable bonds is 3. The predicted molar refractivity (Wildman–Crippen MR) is 119 cm³/mol. The molecule has 0 aliphatic carbocycles. The van der Waals surface area contributed by atoms with E-state index in [-0.39, 0.29) is 0 Å². The van der Waals surface area contributed by atoms with Gasteiger partial charge in [0.15, 0.2) is 17.5 Å². The summed E-state index contributed by atoms with van der Waals surface area (Å²) >= 11 is 6.77. The highest BCUT2D eigenvalue weighted by Crippen LogP contribution is 2.34. The summed E-state index contributed by atoms with van der Waals surface area (Å²) in [5, 5.41) is 2.71. The maximum atomic E-state index is 6.77. The quantitative estimate of drug-likeness (QED) is 0.343. The first kappa shape index (κ1) is 17.5. The molecule has 5 rings (SSSR count). The van der Waals surface area contributed by atoms with E-state index >= 15 is 0 Å². The third kappa shape index (κ3) is 3.37. The second kappa shape index (κ2) is 7.46. The van der Waals surface area contributed by atoms with E-state index in [9.17, 15) is 0 Å². The van der Waals surface area contributed by atoms with Gasteiger partial charge in [0, 0.05) is 22.1 Å². The molecule has 0 saturated carbocycles. The lowest BCUT2D eigenvalue weighted by Crippen LogP contribution is -2.00. The largest absolute Gasteiger partial charge is 0.208 e. The van der Waals surface area contributed by atoms with Crippen LogP contribution in [0.1, 0.15) is 0 Å². The summed E-state index contributed by atoms with van der Waals surface area (Å²) in [6, 6.07) is 31.9. The molecule has 4 heteroatoms. The summed E-state index contributed by atoms with van der Waals surface area (Å²) < 4.78 is 0. The van der Waals surface area contributed by atoms with Crippen LogP contribution in [0.2, 0.25) is 5.02 Å². The molecule has 0 saturated heterocycles. The van der Waals surface area contributed by atoms with Crippen LogP contribution in [-0.2, 0) is 0 Å². The Labute approximate surface area is 173 Å². The van der Waals surface area contributed by atoms with Crippen molar-refractivity contribution in [3.8, 4) is 34.2 Å². The van der Waals surface area contributed by atoms with Crippen LogP contribution in [0.25, 0.3) is 44.9 Å². The fourth-order valence-corrected chi connectivity index (χ4v) is 3.65. The second-order valence-corrected chi connectivity index (χ2v) is 7.06. The summed E-state index contributed by atoms with van der Waals surface area (Å²) in [6.07, 6.45) is 0. The van der Waals surface area contributed by atoms with Crippen LogP contribution in [-0.4, -0.2) is 15.0 Å². The Bertz CT molecular complexity index is 1240. The van der Waals surface area contributed by atoms with E-state index in [1.54, 1.807) is 0 Å². The molecule has 0 bridgehead atoms. The molecule has 0 atom stereocenters. The molecular formula is C25H16ClN3. The van der Waals surface area contributed by atoms with Gasteiger partial charge in [0.05, 0.1) is 5.02 Å². The summed E-state index contributed by atoms with van der Waals surface area (Å²) in [7, 11) is 0. The number of fused-ring (bicyclic) bond motifs is 1. The van der Waals surface area contributed by atoms with Crippen molar-refractivity contribution in [1.82, 2.24) is 15.0 Å². The first-order chi connectivity index (χ1) is 14.3. The molecule has 1 aromatic heterocycles. The summed E-state index contributed by atoms with van der Waals surface area (Å²) in [5.41, 5.74) is 2.66. The molecule has 4 aromatic carbocycles. The Morgan fingerprint density at radius 3 is 1.62 bits per heavy atom. The molecular weight excluding hydrogens is 378 g/mol. The maximum absolute atomic E-state index is 6.77. The van der Waals surface area contributed by atoms with Crippen LogP contribution < -0.4 is 0 Å². The maximum Gasteiger partial charge on any atom is 0.165 e. The lowest BCUT2D eigenvalue weighted by Gasteiger charge is -2.10. The van der Waals surface area contributed by atoms with Gasteiger partial charge in [0.25, 0.3) is 0 Å². The van der Waals surface area contributed by atoms with E-state index in [1.807, 2.05) is 97.1 Å². The van der Waals surface area contributed by atoms with Gasteiger partial charge in [-0.3, -0.25) is 0 Å². The van der Waals surface area contributed by atoms with Crippen molar-refractivity contribution in [1.29, 1.82) is 0 Å².